The molecule has 25 heavy (non-hydrogen) atoms. The molecule has 0 fully saturated rings. The van der Waals surface area contributed by atoms with Crippen LogP contribution >= 0.6 is 0 Å². The van der Waals surface area contributed by atoms with E-state index < -0.39 is 24.5 Å². The summed E-state index contributed by atoms with van der Waals surface area (Å²) in [5.41, 5.74) is 0.756. The molecule has 0 unspecified atom stereocenters. The van der Waals surface area contributed by atoms with E-state index >= 15 is 0 Å². The maximum absolute atomic E-state index is 12.2. The highest BCUT2D eigenvalue weighted by molar-refractivity contribution is 6.07. The number of alkyl halides is 3. The Bertz CT molecular complexity index is 797. The first-order valence-electron chi connectivity index (χ1n) is 7.16. The molecule has 0 radical (unpaired) electrons. The molecule has 0 aliphatic carbocycles. The zero-order chi connectivity index (χ0) is 18.4. The molecule has 1 aromatic heterocycles. The van der Waals surface area contributed by atoms with E-state index in [0.717, 1.165) is 0 Å². The highest BCUT2D eigenvalue weighted by Crippen LogP contribution is 2.17. The number of benzene rings is 1. The fourth-order valence-corrected chi connectivity index (χ4v) is 1.94. The largest absolute Gasteiger partial charge is 0.405 e. The molecule has 9 heteroatoms. The fraction of sp³-hybridized carbons (Fsp3) is 0.188. The van der Waals surface area contributed by atoms with Gasteiger partial charge in [0.2, 0.25) is 5.91 Å². The van der Waals surface area contributed by atoms with Crippen molar-refractivity contribution in [2.75, 3.05) is 11.9 Å². The van der Waals surface area contributed by atoms with Crippen molar-refractivity contribution in [2.24, 2.45) is 7.05 Å². The number of carbonyl (C=O) groups is 2. The summed E-state index contributed by atoms with van der Waals surface area (Å²) in [5.74, 6) is -1.45. The maximum atomic E-state index is 12.2. The third-order valence-electron chi connectivity index (χ3n) is 3.03. The van der Waals surface area contributed by atoms with Gasteiger partial charge >= 0.3 is 6.18 Å². The molecule has 2 aromatic rings. The van der Waals surface area contributed by atoms with Crippen LogP contribution in [0.15, 0.2) is 42.7 Å². The number of hydrogen-bond acceptors (Lipinski definition) is 3. The van der Waals surface area contributed by atoms with E-state index in [0.29, 0.717) is 5.56 Å². The average molecular weight is 352 g/mol. The summed E-state index contributed by atoms with van der Waals surface area (Å²) < 4.78 is 38.2. The molecule has 2 N–H and O–H groups in total. The normalized spacial score (nSPS) is 11.5. The smallest absolute Gasteiger partial charge is 0.343 e. The van der Waals surface area contributed by atoms with Gasteiger partial charge in [0.15, 0.2) is 0 Å². The van der Waals surface area contributed by atoms with Gasteiger partial charge in [-0.3, -0.25) is 14.3 Å². The Balaban J connectivity index is 2.05. The van der Waals surface area contributed by atoms with Gasteiger partial charge in [0.1, 0.15) is 6.54 Å². The van der Waals surface area contributed by atoms with Gasteiger partial charge in [0.05, 0.1) is 17.4 Å². The van der Waals surface area contributed by atoms with Crippen LogP contribution in [0.3, 0.4) is 0 Å². The van der Waals surface area contributed by atoms with E-state index in [9.17, 15) is 22.8 Å². The second-order valence-electron chi connectivity index (χ2n) is 5.11. The van der Waals surface area contributed by atoms with Gasteiger partial charge in [-0.15, -0.1) is 0 Å². The minimum absolute atomic E-state index is 0.0603. The predicted octanol–water partition coefficient (Wildman–Crippen LogP) is 2.36. The van der Waals surface area contributed by atoms with Crippen LogP contribution in [-0.4, -0.2) is 34.3 Å². The second kappa shape index (κ2) is 7.65. The van der Waals surface area contributed by atoms with E-state index in [-0.39, 0.29) is 11.3 Å². The minimum Gasteiger partial charge on any atom is -0.343 e. The van der Waals surface area contributed by atoms with Crippen LogP contribution in [0, 0.1) is 0 Å². The Morgan fingerprint density at radius 1 is 1.28 bits per heavy atom. The molecule has 1 aromatic carbocycles. The molecule has 2 amide bonds. The van der Waals surface area contributed by atoms with Crippen LogP contribution in [0.2, 0.25) is 0 Å². The summed E-state index contributed by atoms with van der Waals surface area (Å²) in [6, 6.07) is 5.80. The lowest BCUT2D eigenvalue weighted by molar-refractivity contribution is -0.123. The number of para-hydroxylation sites is 1. The Morgan fingerprint density at radius 3 is 2.64 bits per heavy atom. The lowest BCUT2D eigenvalue weighted by Crippen LogP contribution is -2.34. The summed E-state index contributed by atoms with van der Waals surface area (Å²) in [6.07, 6.45) is 1.50. The van der Waals surface area contributed by atoms with Crippen LogP contribution in [0.1, 0.15) is 15.9 Å². The van der Waals surface area contributed by atoms with Gasteiger partial charge < -0.3 is 10.6 Å². The van der Waals surface area contributed by atoms with Crippen LogP contribution in [-0.2, 0) is 11.8 Å². The number of carbonyl (C=O) groups excluding carboxylic acids is 2. The molecule has 0 saturated heterocycles. The Hall–Kier alpha value is -3.10. The first-order chi connectivity index (χ1) is 11.7. The van der Waals surface area contributed by atoms with Crippen molar-refractivity contribution in [2.45, 2.75) is 6.18 Å². The van der Waals surface area contributed by atoms with Crippen molar-refractivity contribution in [3.63, 3.8) is 0 Å². The molecule has 6 nitrogen and oxygen atoms in total. The number of hydrogen-bond donors (Lipinski definition) is 2. The number of nitrogens with one attached hydrogen (secondary N) is 2. The molecule has 132 valence electrons. The van der Waals surface area contributed by atoms with Crippen molar-refractivity contribution in [1.82, 2.24) is 15.1 Å². The monoisotopic (exact) mass is 352 g/mol. The van der Waals surface area contributed by atoms with Crippen LogP contribution in [0.5, 0.6) is 0 Å². The molecular weight excluding hydrogens is 337 g/mol. The second-order valence-corrected chi connectivity index (χ2v) is 5.11. The van der Waals surface area contributed by atoms with Gasteiger partial charge in [0, 0.05) is 24.9 Å². The topological polar surface area (TPSA) is 76.0 Å². The first-order valence-corrected chi connectivity index (χ1v) is 7.16. The maximum Gasteiger partial charge on any atom is 0.405 e. The summed E-state index contributed by atoms with van der Waals surface area (Å²) in [4.78, 5) is 23.8. The van der Waals surface area contributed by atoms with E-state index in [2.05, 4.69) is 10.4 Å². The standard InChI is InChI=1S/C16H15F3N4O2/c1-23-9-11(8-21-23)6-7-14(24)22-13-5-3-2-4-12(13)15(25)20-10-16(17,18)19/h2-9H,10H2,1H3,(H,20,25)(H,22,24). The van der Waals surface area contributed by atoms with Crippen molar-refractivity contribution in [3.8, 4) is 0 Å². The molecule has 0 atom stereocenters. The number of nitrogens with zero attached hydrogens (tertiary/aromatic N) is 2. The highest BCUT2D eigenvalue weighted by Gasteiger charge is 2.28. The molecule has 0 bridgehead atoms. The van der Waals surface area contributed by atoms with Crippen molar-refractivity contribution >= 4 is 23.6 Å². The molecule has 0 aliphatic heterocycles. The molecule has 0 saturated carbocycles. The Kier molecular flexibility index (Phi) is 5.58. The molecule has 0 spiro atoms. The zero-order valence-corrected chi connectivity index (χ0v) is 13.2. The number of aryl methyl sites for hydroxylation is 1. The van der Waals surface area contributed by atoms with Crippen LogP contribution in [0.25, 0.3) is 6.08 Å². The summed E-state index contributed by atoms with van der Waals surface area (Å²) in [7, 11) is 1.73. The Morgan fingerprint density at radius 2 is 2.00 bits per heavy atom. The first kappa shape index (κ1) is 18.2. The quantitative estimate of drug-likeness (QED) is 0.811. The van der Waals surface area contributed by atoms with Crippen molar-refractivity contribution in [1.29, 1.82) is 0 Å². The Labute approximate surface area is 141 Å². The molecule has 0 aliphatic rings. The summed E-state index contributed by atoms with van der Waals surface area (Å²) in [5, 5.41) is 8.18. The predicted molar refractivity (Wildman–Crippen MR) is 85.7 cm³/mol. The minimum atomic E-state index is -4.51. The van der Waals surface area contributed by atoms with Crippen LogP contribution in [0.4, 0.5) is 18.9 Å². The van der Waals surface area contributed by atoms with Crippen molar-refractivity contribution in [3.05, 3.63) is 53.9 Å². The fourth-order valence-electron chi connectivity index (χ4n) is 1.94. The van der Waals surface area contributed by atoms with E-state index in [1.54, 1.807) is 35.5 Å². The zero-order valence-electron chi connectivity index (χ0n) is 13.2. The SMILES string of the molecule is Cn1cc(C=CC(=O)Nc2ccccc2C(=O)NCC(F)(F)F)cn1. The summed E-state index contributed by atoms with van der Waals surface area (Å²) >= 11 is 0. The van der Waals surface area contributed by atoms with Crippen molar-refractivity contribution < 1.29 is 22.8 Å². The third-order valence-corrected chi connectivity index (χ3v) is 3.03. The van der Waals surface area contributed by atoms with Gasteiger partial charge in [0.25, 0.3) is 5.91 Å². The van der Waals surface area contributed by atoms with E-state index in [1.807, 2.05) is 0 Å². The molecule has 2 rings (SSSR count). The molecule has 1 heterocycles. The number of rotatable bonds is 5. The number of halogens is 3. The molecular formula is C16H15F3N4O2. The van der Waals surface area contributed by atoms with Gasteiger partial charge in [-0.05, 0) is 18.2 Å². The highest BCUT2D eigenvalue weighted by atomic mass is 19.4. The average Bonchev–Trinajstić information content (AvgIpc) is 2.96. The number of aromatic nitrogens is 2. The van der Waals surface area contributed by atoms with Gasteiger partial charge in [-0.25, -0.2) is 0 Å². The lowest BCUT2D eigenvalue weighted by atomic mass is 10.1. The summed E-state index contributed by atoms with van der Waals surface area (Å²) in [6.45, 7) is -1.45. The number of amides is 2. The third kappa shape index (κ3) is 5.79. The van der Waals surface area contributed by atoms with Crippen LogP contribution < -0.4 is 10.6 Å². The number of anilines is 1. The lowest BCUT2D eigenvalue weighted by Gasteiger charge is -2.11. The van der Waals surface area contributed by atoms with Gasteiger partial charge in [-0.2, -0.15) is 18.3 Å². The van der Waals surface area contributed by atoms with Gasteiger partial charge in [-0.1, -0.05) is 12.1 Å². The van der Waals surface area contributed by atoms with E-state index in [4.69, 9.17) is 0 Å². The van der Waals surface area contributed by atoms with E-state index in [1.165, 1.54) is 30.4 Å².